The van der Waals surface area contributed by atoms with Gasteiger partial charge in [0.1, 0.15) is 5.82 Å². The molecule has 2 fully saturated rings. The molecule has 1 amide bonds. The van der Waals surface area contributed by atoms with Crippen molar-refractivity contribution in [2.24, 2.45) is 0 Å². The van der Waals surface area contributed by atoms with Crippen LogP contribution in [0.1, 0.15) is 36.2 Å². The van der Waals surface area contributed by atoms with Crippen molar-refractivity contribution in [3.05, 3.63) is 64.1 Å². The third-order valence-electron chi connectivity index (χ3n) is 8.23. The Morgan fingerprint density at radius 3 is 2.42 bits per heavy atom. The van der Waals surface area contributed by atoms with Crippen LogP contribution in [0, 0.1) is 5.82 Å². The van der Waals surface area contributed by atoms with Crippen LogP contribution < -0.4 is 20.7 Å². The number of piperazine rings is 1. The van der Waals surface area contributed by atoms with Gasteiger partial charge in [0, 0.05) is 74.6 Å². The lowest BCUT2D eigenvalue weighted by Crippen LogP contribution is -2.55. The Labute approximate surface area is 245 Å². The summed E-state index contributed by atoms with van der Waals surface area (Å²) < 4.78 is 62.4. The quantitative estimate of drug-likeness (QED) is 0.408. The number of aromatic amines is 1. The van der Waals surface area contributed by atoms with Gasteiger partial charge in [0.05, 0.1) is 35.2 Å². The topological polar surface area (TPSA) is 107 Å². The van der Waals surface area contributed by atoms with E-state index >= 15 is 4.39 Å². The molecule has 5 rings (SSSR count). The van der Waals surface area contributed by atoms with Gasteiger partial charge in [-0.2, -0.15) is 13.2 Å². The Kier molecular flexibility index (Phi) is 8.43. The van der Waals surface area contributed by atoms with Crippen molar-refractivity contribution in [3.8, 4) is 11.1 Å². The first-order valence-corrected chi connectivity index (χ1v) is 13.9. The number of carbonyl (C=O) groups excluding carboxylic acids is 1. The Bertz CT molecular complexity index is 1530. The number of nitrogens with one attached hydrogen (secondary N) is 2. The van der Waals surface area contributed by atoms with Crippen molar-refractivity contribution in [2.45, 2.75) is 44.6 Å². The number of aromatic nitrogens is 3. The molecule has 2 aliphatic heterocycles. The van der Waals surface area contributed by atoms with E-state index in [9.17, 15) is 22.8 Å². The molecule has 230 valence electrons. The number of likely N-dealkylation sites (N-methyl/N-ethyl adjacent to an activating group) is 2. The second-order valence-corrected chi connectivity index (χ2v) is 11.1. The second-order valence-electron chi connectivity index (χ2n) is 11.1. The van der Waals surface area contributed by atoms with Crippen LogP contribution in [0.5, 0.6) is 0 Å². The molecule has 2 aromatic heterocycles. The lowest BCUT2D eigenvalue weighted by atomic mass is 10.0. The minimum Gasteiger partial charge on any atom is -0.379 e. The lowest BCUT2D eigenvalue weighted by Gasteiger charge is -2.44. The highest BCUT2D eigenvalue weighted by atomic mass is 19.4. The molecule has 0 saturated carbocycles. The molecular weight excluding hydrogens is 570 g/mol. The van der Waals surface area contributed by atoms with Gasteiger partial charge in [0.15, 0.2) is 0 Å². The molecule has 2 N–H and O–H groups in total. The van der Waals surface area contributed by atoms with Crippen molar-refractivity contribution in [2.75, 3.05) is 55.5 Å². The molecule has 2 unspecified atom stereocenters. The van der Waals surface area contributed by atoms with Crippen molar-refractivity contribution >= 4 is 23.2 Å². The summed E-state index contributed by atoms with van der Waals surface area (Å²) in [5.41, 5.74) is -2.34. The van der Waals surface area contributed by atoms with Crippen LogP contribution in [0.3, 0.4) is 0 Å². The maximum absolute atomic E-state index is 15.8. The molecule has 0 aliphatic carbocycles. The number of amides is 1. The number of halogens is 4. The van der Waals surface area contributed by atoms with Gasteiger partial charge < -0.3 is 24.8 Å². The number of anilines is 3. The van der Waals surface area contributed by atoms with Gasteiger partial charge in [-0.15, -0.1) is 0 Å². The van der Waals surface area contributed by atoms with Crippen LogP contribution >= 0.6 is 0 Å². The zero-order valence-electron chi connectivity index (χ0n) is 24.2. The molecule has 0 spiro atoms. The monoisotopic (exact) mass is 603 g/mol. The van der Waals surface area contributed by atoms with Crippen LogP contribution in [0.2, 0.25) is 0 Å². The van der Waals surface area contributed by atoms with E-state index in [0.29, 0.717) is 49.6 Å². The van der Waals surface area contributed by atoms with Gasteiger partial charge in [-0.25, -0.2) is 14.4 Å². The summed E-state index contributed by atoms with van der Waals surface area (Å²) in [5.74, 6) is -1.28. The van der Waals surface area contributed by atoms with Crippen molar-refractivity contribution in [1.29, 1.82) is 0 Å². The van der Waals surface area contributed by atoms with Crippen LogP contribution in [-0.2, 0) is 10.9 Å². The molecule has 2 saturated heterocycles. The number of hydrogen-bond acceptors (Lipinski definition) is 8. The normalized spacial score (nSPS) is 21.2. The number of hydrogen-bond donors (Lipinski definition) is 2. The maximum Gasteiger partial charge on any atom is 0.417 e. The van der Waals surface area contributed by atoms with Crippen LogP contribution in [0.4, 0.5) is 34.9 Å². The second kappa shape index (κ2) is 11.9. The minimum absolute atomic E-state index is 0.0604. The first-order chi connectivity index (χ1) is 20.3. The van der Waals surface area contributed by atoms with E-state index in [1.54, 1.807) is 0 Å². The summed E-state index contributed by atoms with van der Waals surface area (Å²) >= 11 is 0. The predicted molar refractivity (Wildman–Crippen MR) is 154 cm³/mol. The van der Waals surface area contributed by atoms with Gasteiger partial charge >= 0.3 is 6.18 Å². The van der Waals surface area contributed by atoms with E-state index in [-0.39, 0.29) is 29.4 Å². The Hall–Kier alpha value is -4.04. The summed E-state index contributed by atoms with van der Waals surface area (Å²) in [6.45, 7) is 6.20. The number of alkyl halides is 3. The van der Waals surface area contributed by atoms with E-state index < -0.39 is 34.6 Å². The summed E-state index contributed by atoms with van der Waals surface area (Å²) in [5, 5.41) is 2.56. The van der Waals surface area contributed by atoms with Crippen molar-refractivity contribution in [1.82, 2.24) is 19.9 Å². The van der Waals surface area contributed by atoms with Crippen molar-refractivity contribution in [3.63, 3.8) is 0 Å². The summed E-state index contributed by atoms with van der Waals surface area (Å²) in [6.07, 6.45) is -0.473. The Morgan fingerprint density at radius 1 is 1.14 bits per heavy atom. The average molecular weight is 604 g/mol. The molecule has 1 aromatic carbocycles. The Balaban J connectivity index is 1.54. The number of H-pyrrole nitrogens is 1. The number of nitrogens with zero attached hydrogens (tertiary/aromatic N) is 5. The van der Waals surface area contributed by atoms with E-state index in [4.69, 9.17) is 4.74 Å². The van der Waals surface area contributed by atoms with Crippen LogP contribution in [-0.4, -0.2) is 84.3 Å². The predicted octanol–water partition coefficient (Wildman–Crippen LogP) is 4.00. The minimum atomic E-state index is -4.95. The zero-order valence-corrected chi connectivity index (χ0v) is 24.2. The highest BCUT2D eigenvalue weighted by Gasteiger charge is 2.36. The number of ether oxygens (including phenoxy) is 1. The largest absolute Gasteiger partial charge is 0.417 e. The maximum atomic E-state index is 15.8. The molecule has 3 atom stereocenters. The molecule has 10 nitrogen and oxygen atoms in total. The third-order valence-corrected chi connectivity index (χ3v) is 8.23. The van der Waals surface area contributed by atoms with E-state index in [0.717, 1.165) is 12.6 Å². The first kappa shape index (κ1) is 30.4. The molecule has 43 heavy (non-hydrogen) atoms. The zero-order chi connectivity index (χ0) is 31.1. The molecule has 3 aromatic rings. The molecule has 2 aliphatic rings. The molecule has 0 radical (unpaired) electrons. The van der Waals surface area contributed by atoms with Gasteiger partial charge in [-0.3, -0.25) is 14.5 Å². The standard InChI is InChI=1S/C29H33F4N7O3/c1-16-13-40(14-17(2)38(16)3)25-9-23(30)20(18-10-35-28(36-11-18)39(4)19-5-6-43-15-19)7-24(25)37-27(42)21-12-34-26(41)8-22(21)29(31,32)33/h7-12,16-17,19H,5-6,13-15H2,1-4H3,(H,34,41)(H,37,42)/t16?,17?,19-/m0/s1. The number of carbonyl (C=O) groups is 1. The third kappa shape index (κ3) is 6.34. The van der Waals surface area contributed by atoms with E-state index in [2.05, 4.69) is 25.2 Å². The Morgan fingerprint density at radius 2 is 1.81 bits per heavy atom. The van der Waals surface area contributed by atoms with Gasteiger partial charge in [0.25, 0.3) is 5.91 Å². The first-order valence-electron chi connectivity index (χ1n) is 13.9. The van der Waals surface area contributed by atoms with Gasteiger partial charge in [0.2, 0.25) is 11.5 Å². The fourth-order valence-corrected chi connectivity index (χ4v) is 5.46. The summed E-state index contributed by atoms with van der Waals surface area (Å²) in [6, 6.07) is 3.25. The van der Waals surface area contributed by atoms with Gasteiger partial charge in [-0.05, 0) is 39.4 Å². The van der Waals surface area contributed by atoms with Crippen LogP contribution in [0.25, 0.3) is 11.1 Å². The smallest absolute Gasteiger partial charge is 0.379 e. The van der Waals surface area contributed by atoms with Gasteiger partial charge in [-0.1, -0.05) is 0 Å². The summed E-state index contributed by atoms with van der Waals surface area (Å²) in [7, 11) is 3.83. The fourth-order valence-electron chi connectivity index (χ4n) is 5.46. The molecule has 0 bridgehead atoms. The van der Waals surface area contributed by atoms with E-state index in [1.807, 2.05) is 37.7 Å². The van der Waals surface area contributed by atoms with Crippen molar-refractivity contribution < 1.29 is 27.1 Å². The molecule has 4 heterocycles. The fraction of sp³-hybridized carbons (Fsp3) is 0.448. The SMILES string of the molecule is CC1CN(c2cc(F)c(-c3cnc(N(C)[C@H]4CCOC4)nc3)cc2NC(=O)c2c[nH]c(=O)cc2C(F)(F)F)CC(C)N1C. The number of pyridine rings is 1. The van der Waals surface area contributed by atoms with E-state index in [1.165, 1.54) is 24.5 Å². The average Bonchev–Trinajstić information content (AvgIpc) is 3.51. The summed E-state index contributed by atoms with van der Waals surface area (Å²) in [4.78, 5) is 41.8. The number of rotatable bonds is 6. The molecular formula is C29H33F4N7O3. The van der Waals surface area contributed by atoms with Crippen LogP contribution in [0.15, 0.2) is 41.6 Å². The highest BCUT2D eigenvalue weighted by molar-refractivity contribution is 6.07. The number of benzene rings is 1. The molecule has 14 heteroatoms. The lowest BCUT2D eigenvalue weighted by molar-refractivity contribution is -0.138. The highest BCUT2D eigenvalue weighted by Crippen LogP contribution is 2.37.